The van der Waals surface area contributed by atoms with Gasteiger partial charge in [0.2, 0.25) is 5.91 Å². The van der Waals surface area contributed by atoms with Gasteiger partial charge >= 0.3 is 0 Å². The Labute approximate surface area is 666 Å². The standard InChI is InChI=1S/C94H181NO13/c1-3-5-7-9-11-13-15-17-19-21-23-25-27-29-31-33-35-37-38-39-40-41-42-43-44-46-48-50-52-54-56-58-60-62-64-66-68-70-72-74-76-78-86(99)95-82(81-105-93-91(104)89(102)92(85(80-97)107-93)108-94-90(103)88(101)87(100)84(79-96)106-94)83(98)77-75-73-71-69-67-65-63-61-59-57-55-53-51-49-47-45-36-34-32-30-28-26-24-22-20-18-16-14-12-10-8-6-4-2/h67,69,75,77,82-85,87-94,96-98,100-104H,3-66,68,70-74,76,78-81H2,1-2H3,(H,95,99)/b69-67+,77-75+. The largest absolute Gasteiger partial charge is 0.394 e. The number of allylic oxidation sites excluding steroid dienone is 3. The van der Waals surface area contributed by atoms with Gasteiger partial charge in [-0.05, 0) is 32.1 Å². The van der Waals surface area contributed by atoms with E-state index in [1.807, 2.05) is 6.08 Å². The van der Waals surface area contributed by atoms with E-state index < -0.39 is 86.8 Å². The highest BCUT2D eigenvalue weighted by atomic mass is 16.7. The first-order valence-electron chi connectivity index (χ1n) is 47.6. The van der Waals surface area contributed by atoms with Gasteiger partial charge in [-0.15, -0.1) is 0 Å². The lowest BCUT2D eigenvalue weighted by atomic mass is 9.97. The van der Waals surface area contributed by atoms with Crippen molar-refractivity contribution in [3.8, 4) is 0 Å². The molecule has 108 heavy (non-hydrogen) atoms. The topological polar surface area (TPSA) is 228 Å². The van der Waals surface area contributed by atoms with Gasteiger partial charge in [-0.2, -0.15) is 0 Å². The third kappa shape index (κ3) is 59.2. The molecule has 0 aliphatic carbocycles. The molecule has 0 aromatic carbocycles. The van der Waals surface area contributed by atoms with Gasteiger partial charge in [-0.25, -0.2) is 0 Å². The zero-order valence-corrected chi connectivity index (χ0v) is 70.9. The molecule has 2 heterocycles. The number of hydrogen-bond acceptors (Lipinski definition) is 13. The van der Waals surface area contributed by atoms with Crippen LogP contribution in [0.5, 0.6) is 0 Å². The van der Waals surface area contributed by atoms with Crippen LogP contribution in [0.2, 0.25) is 0 Å². The molecular formula is C94H181NO13. The Morgan fingerprint density at radius 2 is 0.593 bits per heavy atom. The summed E-state index contributed by atoms with van der Waals surface area (Å²) in [7, 11) is 0. The van der Waals surface area contributed by atoms with Crippen molar-refractivity contribution >= 4 is 5.91 Å². The number of rotatable bonds is 83. The third-order valence-electron chi connectivity index (χ3n) is 23.6. The van der Waals surface area contributed by atoms with Crippen LogP contribution in [-0.4, -0.2) is 140 Å². The molecule has 0 aromatic heterocycles. The summed E-state index contributed by atoms with van der Waals surface area (Å²) < 4.78 is 23.0. The molecule has 2 aliphatic rings. The van der Waals surface area contributed by atoms with Crippen LogP contribution in [0.1, 0.15) is 476 Å². The fraction of sp³-hybridized carbons (Fsp3) is 0.947. The molecule has 0 saturated carbocycles. The van der Waals surface area contributed by atoms with Crippen LogP contribution in [0.25, 0.3) is 0 Å². The monoisotopic (exact) mass is 1530 g/mol. The first-order chi connectivity index (χ1) is 53.1. The summed E-state index contributed by atoms with van der Waals surface area (Å²) in [6.45, 7) is 2.87. The molecule has 1 amide bonds. The van der Waals surface area contributed by atoms with Gasteiger partial charge in [0.15, 0.2) is 12.6 Å². The van der Waals surface area contributed by atoms with Crippen molar-refractivity contribution in [1.29, 1.82) is 0 Å². The van der Waals surface area contributed by atoms with E-state index in [1.54, 1.807) is 6.08 Å². The van der Waals surface area contributed by atoms with Crippen LogP contribution < -0.4 is 5.32 Å². The lowest BCUT2D eigenvalue weighted by molar-refractivity contribution is -0.359. The predicted octanol–water partition coefficient (Wildman–Crippen LogP) is 23.7. The number of nitrogens with one attached hydrogen (secondary N) is 1. The molecule has 14 nitrogen and oxygen atoms in total. The smallest absolute Gasteiger partial charge is 0.220 e. The molecular weight excluding hydrogens is 1350 g/mol. The molecule has 12 atom stereocenters. The lowest BCUT2D eigenvalue weighted by Crippen LogP contribution is -2.65. The van der Waals surface area contributed by atoms with Crippen molar-refractivity contribution in [3.05, 3.63) is 24.3 Å². The minimum atomic E-state index is -1.79. The third-order valence-corrected chi connectivity index (χ3v) is 23.6. The number of amides is 1. The maximum atomic E-state index is 13.4. The molecule has 0 bridgehead atoms. The first kappa shape index (κ1) is 103. The van der Waals surface area contributed by atoms with Crippen LogP contribution in [-0.2, 0) is 23.7 Å². The SMILES string of the molecule is CCCCCCCCCCCCCCCCCCCCCCCCCCCCC/C=C/CC/C=C/C(O)C(COC1OC(CO)C(OC2OC(CO)C(O)C(O)C2O)C(O)C1O)NC(=O)CCCCCCCCCCCCCCCCCCCCCCCCCCCCCCCCCCCCCCCCCCC. The number of aliphatic hydroxyl groups excluding tert-OH is 8. The first-order valence-corrected chi connectivity index (χ1v) is 47.6. The van der Waals surface area contributed by atoms with E-state index in [2.05, 4.69) is 31.3 Å². The van der Waals surface area contributed by atoms with E-state index in [4.69, 9.17) is 18.9 Å². The van der Waals surface area contributed by atoms with E-state index in [-0.39, 0.29) is 18.9 Å². The molecule has 640 valence electrons. The lowest BCUT2D eigenvalue weighted by Gasteiger charge is -2.46. The molecule has 2 saturated heterocycles. The second kappa shape index (κ2) is 78.0. The highest BCUT2D eigenvalue weighted by molar-refractivity contribution is 5.76. The predicted molar refractivity (Wildman–Crippen MR) is 452 cm³/mol. The summed E-state index contributed by atoms with van der Waals surface area (Å²) in [6, 6.07) is -0.932. The van der Waals surface area contributed by atoms with E-state index >= 15 is 0 Å². The van der Waals surface area contributed by atoms with Crippen molar-refractivity contribution in [2.75, 3.05) is 19.8 Å². The van der Waals surface area contributed by atoms with E-state index in [1.165, 1.54) is 411 Å². The maximum absolute atomic E-state index is 13.4. The van der Waals surface area contributed by atoms with E-state index in [9.17, 15) is 45.6 Å². The number of ether oxygens (including phenoxy) is 4. The fourth-order valence-corrected chi connectivity index (χ4v) is 16.2. The Morgan fingerprint density at radius 3 is 0.907 bits per heavy atom. The van der Waals surface area contributed by atoms with Gasteiger partial charge in [0, 0.05) is 6.42 Å². The summed E-state index contributed by atoms with van der Waals surface area (Å²) in [5.41, 5.74) is 0. The summed E-state index contributed by atoms with van der Waals surface area (Å²) in [6.07, 6.45) is 87.7. The normalized spacial score (nSPS) is 21.1. The zero-order valence-electron chi connectivity index (χ0n) is 70.9. The molecule has 2 rings (SSSR count). The molecule has 9 N–H and O–H groups in total. The average molecular weight is 1530 g/mol. The van der Waals surface area contributed by atoms with Crippen LogP contribution in [0, 0.1) is 0 Å². The highest BCUT2D eigenvalue weighted by Crippen LogP contribution is 2.31. The molecule has 12 unspecified atom stereocenters. The Hall–Kier alpha value is -1.53. The summed E-state index contributed by atoms with van der Waals surface area (Å²) in [4.78, 5) is 13.4. The molecule has 2 aliphatic heterocycles. The minimum absolute atomic E-state index is 0.238. The van der Waals surface area contributed by atoms with Gasteiger partial charge in [0.05, 0.1) is 32.0 Å². The number of hydrogen-bond donors (Lipinski definition) is 9. The number of unbranched alkanes of at least 4 members (excludes halogenated alkanes) is 68. The average Bonchev–Trinajstić information content (AvgIpc) is 0.788. The van der Waals surface area contributed by atoms with E-state index in [0.717, 1.165) is 32.1 Å². The molecule has 0 radical (unpaired) electrons. The Kier molecular flexibility index (Phi) is 74.1. The number of carbonyl (C=O) groups excluding carboxylic acids is 1. The van der Waals surface area contributed by atoms with Gasteiger partial charge < -0.3 is 65.1 Å². The highest BCUT2D eigenvalue weighted by Gasteiger charge is 2.51. The second-order valence-electron chi connectivity index (χ2n) is 33.9. The van der Waals surface area contributed by atoms with Crippen molar-refractivity contribution in [3.63, 3.8) is 0 Å². The van der Waals surface area contributed by atoms with Gasteiger partial charge in [0.25, 0.3) is 0 Å². The van der Waals surface area contributed by atoms with Crippen LogP contribution in [0.4, 0.5) is 0 Å². The Balaban J connectivity index is 1.54. The summed E-state index contributed by atoms with van der Waals surface area (Å²) in [5.74, 6) is -0.238. The Bertz CT molecular complexity index is 1910. The van der Waals surface area contributed by atoms with Crippen molar-refractivity contribution in [1.82, 2.24) is 5.32 Å². The van der Waals surface area contributed by atoms with Crippen LogP contribution in [0.15, 0.2) is 24.3 Å². The van der Waals surface area contributed by atoms with E-state index in [0.29, 0.717) is 12.8 Å². The quantitative estimate of drug-likeness (QED) is 0.0204. The molecule has 2 fully saturated rings. The zero-order chi connectivity index (χ0) is 77.9. The van der Waals surface area contributed by atoms with Crippen molar-refractivity contribution in [2.24, 2.45) is 0 Å². The maximum Gasteiger partial charge on any atom is 0.220 e. The molecule has 0 aromatic rings. The fourth-order valence-electron chi connectivity index (χ4n) is 16.2. The molecule has 14 heteroatoms. The van der Waals surface area contributed by atoms with Crippen LogP contribution >= 0.6 is 0 Å². The Morgan fingerprint density at radius 1 is 0.324 bits per heavy atom. The van der Waals surface area contributed by atoms with Gasteiger partial charge in [0.1, 0.15) is 48.8 Å². The number of carbonyl (C=O) groups is 1. The van der Waals surface area contributed by atoms with Crippen molar-refractivity contribution < 1.29 is 64.6 Å². The summed E-state index contributed by atoms with van der Waals surface area (Å²) >= 11 is 0. The number of aliphatic hydroxyl groups is 8. The molecule has 0 spiro atoms. The van der Waals surface area contributed by atoms with Gasteiger partial charge in [-0.1, -0.05) is 462 Å². The minimum Gasteiger partial charge on any atom is -0.394 e. The van der Waals surface area contributed by atoms with Crippen molar-refractivity contribution in [2.45, 2.75) is 550 Å². The second-order valence-corrected chi connectivity index (χ2v) is 33.9. The van der Waals surface area contributed by atoms with Crippen LogP contribution in [0.3, 0.4) is 0 Å². The van der Waals surface area contributed by atoms with Gasteiger partial charge in [-0.3, -0.25) is 4.79 Å². The summed E-state index contributed by atoms with van der Waals surface area (Å²) in [5, 5.41) is 87.9.